The Hall–Kier alpha value is -1.46. The van der Waals surface area contributed by atoms with Crippen LogP contribution in [0.1, 0.15) is 39.7 Å². The van der Waals surface area contributed by atoms with E-state index < -0.39 is 11.7 Å². The van der Waals surface area contributed by atoms with E-state index in [9.17, 15) is 9.90 Å². The van der Waals surface area contributed by atoms with Crippen LogP contribution in [0.15, 0.2) is 18.2 Å². The average molecular weight is 329 g/mol. The number of hydrogen-bond acceptors (Lipinski definition) is 4. The van der Waals surface area contributed by atoms with Crippen LogP contribution in [-0.4, -0.2) is 29.4 Å². The highest BCUT2D eigenvalue weighted by molar-refractivity contribution is 6.32. The molecule has 1 unspecified atom stereocenters. The number of hydrogen-bond donors (Lipinski definition) is 3. The number of alkyl carbamates (subject to hydrolysis) is 1. The number of amides is 1. The molecule has 0 aromatic heterocycles. The Balaban J connectivity index is 2.27. The lowest BCUT2D eigenvalue weighted by molar-refractivity contribution is 0.0506. The predicted molar refractivity (Wildman–Crippen MR) is 88.3 cm³/mol. The second kappa shape index (κ2) is 8.25. The maximum absolute atomic E-state index is 11.6. The first-order valence-electron chi connectivity index (χ1n) is 7.35. The standard InChI is InChI=1S/C16H25ClN2O3/c1-11(19-15(21)22-16(2,3)4)8-9-18-10-12-6-5-7-13(17)14(12)20/h5-7,11,18,20H,8-10H2,1-4H3,(H,19,21). The molecule has 0 spiro atoms. The molecule has 3 N–H and O–H groups in total. The van der Waals surface area contributed by atoms with E-state index in [0.29, 0.717) is 18.1 Å². The Morgan fingerprint density at radius 3 is 2.73 bits per heavy atom. The summed E-state index contributed by atoms with van der Waals surface area (Å²) in [5, 5.41) is 16.1. The van der Waals surface area contributed by atoms with E-state index >= 15 is 0 Å². The van der Waals surface area contributed by atoms with Crippen molar-refractivity contribution >= 4 is 17.7 Å². The van der Waals surface area contributed by atoms with E-state index in [1.165, 1.54) is 0 Å². The van der Waals surface area contributed by atoms with Crippen LogP contribution >= 0.6 is 11.6 Å². The van der Waals surface area contributed by atoms with Crippen molar-refractivity contribution in [2.75, 3.05) is 6.54 Å². The summed E-state index contributed by atoms with van der Waals surface area (Å²) in [6.45, 7) is 8.62. The number of halogens is 1. The van der Waals surface area contributed by atoms with Gasteiger partial charge in [-0.05, 0) is 46.7 Å². The van der Waals surface area contributed by atoms with Crippen molar-refractivity contribution in [1.82, 2.24) is 10.6 Å². The third kappa shape index (κ3) is 7.00. The van der Waals surface area contributed by atoms with Crippen LogP contribution in [0.5, 0.6) is 5.75 Å². The third-order valence-corrected chi connectivity index (χ3v) is 3.21. The zero-order valence-electron chi connectivity index (χ0n) is 13.6. The van der Waals surface area contributed by atoms with Crippen LogP contribution in [0.3, 0.4) is 0 Å². The van der Waals surface area contributed by atoms with Gasteiger partial charge < -0.3 is 20.5 Å². The minimum absolute atomic E-state index is 0.00434. The van der Waals surface area contributed by atoms with Gasteiger partial charge in [0.15, 0.2) is 0 Å². The number of aromatic hydroxyl groups is 1. The highest BCUT2D eigenvalue weighted by Gasteiger charge is 2.17. The number of para-hydroxylation sites is 1. The number of carbonyl (C=O) groups excluding carboxylic acids is 1. The topological polar surface area (TPSA) is 70.6 Å². The molecule has 1 atom stereocenters. The van der Waals surface area contributed by atoms with E-state index in [1.54, 1.807) is 12.1 Å². The van der Waals surface area contributed by atoms with Crippen molar-refractivity contribution < 1.29 is 14.6 Å². The predicted octanol–water partition coefficient (Wildman–Crippen LogP) is 3.44. The first kappa shape index (κ1) is 18.6. The van der Waals surface area contributed by atoms with Crippen LogP contribution in [0.25, 0.3) is 0 Å². The van der Waals surface area contributed by atoms with Gasteiger partial charge in [0.05, 0.1) is 5.02 Å². The molecular weight excluding hydrogens is 304 g/mol. The van der Waals surface area contributed by atoms with E-state index in [2.05, 4.69) is 10.6 Å². The number of phenols is 1. The van der Waals surface area contributed by atoms with Crippen LogP contribution in [0.2, 0.25) is 5.02 Å². The fourth-order valence-corrected chi connectivity index (χ4v) is 2.02. The summed E-state index contributed by atoms with van der Waals surface area (Å²) in [7, 11) is 0. The summed E-state index contributed by atoms with van der Waals surface area (Å²) < 4.78 is 5.19. The van der Waals surface area contributed by atoms with E-state index in [-0.39, 0.29) is 11.8 Å². The fourth-order valence-electron chi connectivity index (χ4n) is 1.83. The van der Waals surface area contributed by atoms with Gasteiger partial charge in [0.2, 0.25) is 0 Å². The minimum Gasteiger partial charge on any atom is -0.506 e. The molecule has 0 aliphatic rings. The molecule has 1 aromatic rings. The molecule has 0 heterocycles. The molecule has 0 fully saturated rings. The Morgan fingerprint density at radius 2 is 2.09 bits per heavy atom. The first-order valence-corrected chi connectivity index (χ1v) is 7.73. The Bertz CT molecular complexity index is 501. The van der Waals surface area contributed by atoms with Crippen molar-refractivity contribution in [3.05, 3.63) is 28.8 Å². The monoisotopic (exact) mass is 328 g/mol. The van der Waals surface area contributed by atoms with Gasteiger partial charge in [-0.25, -0.2) is 4.79 Å². The summed E-state index contributed by atoms with van der Waals surface area (Å²) >= 11 is 5.85. The maximum Gasteiger partial charge on any atom is 0.407 e. The number of ether oxygens (including phenoxy) is 1. The number of phenolic OH excluding ortho intramolecular Hbond substituents is 1. The lowest BCUT2D eigenvalue weighted by Crippen LogP contribution is -2.38. The molecule has 0 bridgehead atoms. The number of nitrogens with one attached hydrogen (secondary N) is 2. The molecule has 1 rings (SSSR count). The van der Waals surface area contributed by atoms with Gasteiger partial charge in [-0.2, -0.15) is 0 Å². The molecule has 1 aromatic carbocycles. The van der Waals surface area contributed by atoms with Crippen molar-refractivity contribution in [1.29, 1.82) is 0 Å². The second-order valence-electron chi connectivity index (χ2n) is 6.26. The van der Waals surface area contributed by atoms with Crippen molar-refractivity contribution in [3.63, 3.8) is 0 Å². The van der Waals surface area contributed by atoms with E-state index in [0.717, 1.165) is 12.0 Å². The highest BCUT2D eigenvalue weighted by Crippen LogP contribution is 2.26. The maximum atomic E-state index is 11.6. The van der Waals surface area contributed by atoms with Gasteiger partial charge in [0, 0.05) is 18.2 Å². The van der Waals surface area contributed by atoms with Crippen LogP contribution < -0.4 is 10.6 Å². The second-order valence-corrected chi connectivity index (χ2v) is 6.67. The smallest absolute Gasteiger partial charge is 0.407 e. The van der Waals surface area contributed by atoms with E-state index in [1.807, 2.05) is 33.8 Å². The average Bonchev–Trinajstić information content (AvgIpc) is 2.37. The molecule has 0 aliphatic heterocycles. The van der Waals surface area contributed by atoms with Gasteiger partial charge in [0.25, 0.3) is 0 Å². The molecular formula is C16H25ClN2O3. The third-order valence-electron chi connectivity index (χ3n) is 2.90. The molecule has 6 heteroatoms. The summed E-state index contributed by atoms with van der Waals surface area (Å²) in [6, 6.07) is 5.26. The van der Waals surface area contributed by atoms with Gasteiger partial charge in [-0.3, -0.25) is 0 Å². The Labute approximate surface area is 137 Å². The molecule has 0 saturated heterocycles. The van der Waals surface area contributed by atoms with Crippen molar-refractivity contribution in [3.8, 4) is 5.75 Å². The number of rotatable bonds is 6. The summed E-state index contributed by atoms with van der Waals surface area (Å²) in [5.41, 5.74) is 0.256. The largest absolute Gasteiger partial charge is 0.506 e. The molecule has 5 nitrogen and oxygen atoms in total. The minimum atomic E-state index is -0.494. The van der Waals surface area contributed by atoms with Gasteiger partial charge in [-0.1, -0.05) is 23.7 Å². The molecule has 1 amide bonds. The lowest BCUT2D eigenvalue weighted by atomic mass is 10.2. The normalized spacial score (nSPS) is 12.8. The zero-order valence-corrected chi connectivity index (χ0v) is 14.3. The highest BCUT2D eigenvalue weighted by atomic mass is 35.5. The molecule has 0 aliphatic carbocycles. The van der Waals surface area contributed by atoms with Gasteiger partial charge in [-0.15, -0.1) is 0 Å². The lowest BCUT2D eigenvalue weighted by Gasteiger charge is -2.22. The van der Waals surface area contributed by atoms with Gasteiger partial charge >= 0.3 is 6.09 Å². The number of benzene rings is 1. The summed E-state index contributed by atoms with van der Waals surface area (Å²) in [5.74, 6) is 0.108. The van der Waals surface area contributed by atoms with Crippen LogP contribution in [-0.2, 0) is 11.3 Å². The zero-order chi connectivity index (χ0) is 16.8. The Morgan fingerprint density at radius 1 is 1.41 bits per heavy atom. The van der Waals surface area contributed by atoms with E-state index in [4.69, 9.17) is 16.3 Å². The Kier molecular flexibility index (Phi) is 6.97. The quantitative estimate of drug-likeness (QED) is 0.700. The van der Waals surface area contributed by atoms with Crippen molar-refractivity contribution in [2.45, 2.75) is 52.3 Å². The summed E-state index contributed by atoms with van der Waals surface area (Å²) in [6.07, 6.45) is 0.341. The van der Waals surface area contributed by atoms with Crippen LogP contribution in [0, 0.1) is 0 Å². The first-order chi connectivity index (χ1) is 10.2. The molecule has 124 valence electrons. The number of carbonyl (C=O) groups is 1. The fraction of sp³-hybridized carbons (Fsp3) is 0.562. The molecule has 22 heavy (non-hydrogen) atoms. The molecule has 0 radical (unpaired) electrons. The molecule has 0 saturated carbocycles. The van der Waals surface area contributed by atoms with Gasteiger partial charge in [0.1, 0.15) is 11.4 Å². The van der Waals surface area contributed by atoms with Crippen LogP contribution in [0.4, 0.5) is 4.79 Å². The van der Waals surface area contributed by atoms with Crippen molar-refractivity contribution in [2.24, 2.45) is 0 Å². The SMILES string of the molecule is CC(CCNCc1cccc(Cl)c1O)NC(=O)OC(C)(C)C. The summed E-state index contributed by atoms with van der Waals surface area (Å²) in [4.78, 5) is 11.6.